The molecule has 0 saturated carbocycles. The summed E-state index contributed by atoms with van der Waals surface area (Å²) in [4.78, 5) is 28.2. The molecule has 0 radical (unpaired) electrons. The molecule has 2 fully saturated rings. The fourth-order valence-electron chi connectivity index (χ4n) is 3.74. The van der Waals surface area contributed by atoms with E-state index < -0.39 is 0 Å². The van der Waals surface area contributed by atoms with Crippen molar-refractivity contribution in [1.29, 1.82) is 0 Å². The monoisotopic (exact) mass is 359 g/mol. The van der Waals surface area contributed by atoms with Gasteiger partial charge in [0.05, 0.1) is 0 Å². The summed E-state index contributed by atoms with van der Waals surface area (Å²) in [5.74, 6) is 0.888. The highest BCUT2D eigenvalue weighted by molar-refractivity contribution is 5.95. The molecular formula is C20H29N3O3. The summed E-state index contributed by atoms with van der Waals surface area (Å²) in [6, 6.07) is 7.77. The van der Waals surface area contributed by atoms with Crippen molar-refractivity contribution < 1.29 is 14.3 Å². The normalized spacial score (nSPS) is 18.2. The van der Waals surface area contributed by atoms with Crippen LogP contribution in [0, 0.1) is 0 Å². The Bertz CT molecular complexity index is 611. The number of nitrogens with zero attached hydrogens (tertiary/aromatic N) is 2. The molecule has 2 aliphatic heterocycles. The van der Waals surface area contributed by atoms with Gasteiger partial charge in [0.25, 0.3) is 5.91 Å². The summed E-state index contributed by atoms with van der Waals surface area (Å²) in [6.07, 6.45) is 4.50. The van der Waals surface area contributed by atoms with Gasteiger partial charge in [0, 0.05) is 31.2 Å². The van der Waals surface area contributed by atoms with Gasteiger partial charge in [-0.15, -0.1) is 0 Å². The standard InChI is InChI=1S/C20H29N3O3/c1-2-13-22(17-9-11-21-12-10-17)20(25)15-26-18-7-5-16(6-8-18)23-14-3-4-19(23)24/h5-8,17,21H,2-4,9-15H2,1H3. The third-order valence-corrected chi connectivity index (χ3v) is 5.12. The first-order chi connectivity index (χ1) is 12.7. The van der Waals surface area contributed by atoms with Crippen LogP contribution in [0.15, 0.2) is 24.3 Å². The van der Waals surface area contributed by atoms with Crippen LogP contribution in [-0.2, 0) is 9.59 Å². The van der Waals surface area contributed by atoms with Gasteiger partial charge in [0.15, 0.2) is 6.61 Å². The second-order valence-electron chi connectivity index (χ2n) is 7.00. The Kier molecular flexibility index (Phi) is 6.50. The van der Waals surface area contributed by atoms with Crippen molar-refractivity contribution in [2.24, 2.45) is 0 Å². The van der Waals surface area contributed by atoms with Crippen LogP contribution in [0.1, 0.15) is 39.0 Å². The van der Waals surface area contributed by atoms with E-state index in [0.717, 1.165) is 57.5 Å². The van der Waals surface area contributed by atoms with E-state index in [1.807, 2.05) is 29.2 Å². The van der Waals surface area contributed by atoms with Crippen LogP contribution in [0.5, 0.6) is 5.75 Å². The van der Waals surface area contributed by atoms with Crippen LogP contribution in [0.4, 0.5) is 5.69 Å². The fraction of sp³-hybridized carbons (Fsp3) is 0.600. The van der Waals surface area contributed by atoms with Gasteiger partial charge in [0.2, 0.25) is 5.91 Å². The molecule has 26 heavy (non-hydrogen) atoms. The maximum atomic E-state index is 12.7. The van der Waals surface area contributed by atoms with Gasteiger partial charge >= 0.3 is 0 Å². The zero-order chi connectivity index (χ0) is 18.4. The molecule has 3 rings (SSSR count). The Balaban J connectivity index is 1.54. The lowest BCUT2D eigenvalue weighted by Crippen LogP contribution is -2.48. The van der Waals surface area contributed by atoms with E-state index in [1.165, 1.54) is 0 Å². The Morgan fingerprint density at radius 1 is 1.27 bits per heavy atom. The molecule has 0 atom stereocenters. The molecule has 1 N–H and O–H groups in total. The second kappa shape index (κ2) is 9.03. The zero-order valence-corrected chi connectivity index (χ0v) is 15.6. The van der Waals surface area contributed by atoms with Crippen molar-refractivity contribution in [2.75, 3.05) is 37.7 Å². The minimum absolute atomic E-state index is 0.0533. The number of ether oxygens (including phenoxy) is 1. The summed E-state index contributed by atoms with van der Waals surface area (Å²) >= 11 is 0. The van der Waals surface area contributed by atoms with Gasteiger partial charge in [-0.3, -0.25) is 9.59 Å². The number of carbonyl (C=O) groups excluding carboxylic acids is 2. The van der Waals surface area contributed by atoms with Gasteiger partial charge in [-0.2, -0.15) is 0 Å². The Morgan fingerprint density at radius 3 is 2.62 bits per heavy atom. The number of carbonyl (C=O) groups is 2. The van der Waals surface area contributed by atoms with Crippen molar-refractivity contribution in [1.82, 2.24) is 10.2 Å². The maximum absolute atomic E-state index is 12.7. The maximum Gasteiger partial charge on any atom is 0.260 e. The number of anilines is 1. The van der Waals surface area contributed by atoms with E-state index in [4.69, 9.17) is 4.74 Å². The number of hydrogen-bond acceptors (Lipinski definition) is 4. The lowest BCUT2D eigenvalue weighted by Gasteiger charge is -2.34. The minimum Gasteiger partial charge on any atom is -0.484 e. The van der Waals surface area contributed by atoms with Gasteiger partial charge < -0.3 is 19.9 Å². The smallest absolute Gasteiger partial charge is 0.260 e. The van der Waals surface area contributed by atoms with E-state index in [-0.39, 0.29) is 18.4 Å². The number of rotatable bonds is 7. The van der Waals surface area contributed by atoms with Crippen molar-refractivity contribution >= 4 is 17.5 Å². The van der Waals surface area contributed by atoms with Crippen molar-refractivity contribution in [3.63, 3.8) is 0 Å². The van der Waals surface area contributed by atoms with Gasteiger partial charge in [-0.05, 0) is 63.0 Å². The van der Waals surface area contributed by atoms with E-state index >= 15 is 0 Å². The molecule has 1 aromatic rings. The lowest BCUT2D eigenvalue weighted by molar-refractivity contribution is -0.136. The van der Waals surface area contributed by atoms with Gasteiger partial charge in [0.1, 0.15) is 5.75 Å². The van der Waals surface area contributed by atoms with Crippen LogP contribution in [-0.4, -0.2) is 55.5 Å². The quantitative estimate of drug-likeness (QED) is 0.811. The number of hydrogen-bond donors (Lipinski definition) is 1. The predicted molar refractivity (Wildman–Crippen MR) is 101 cm³/mol. The molecule has 0 aromatic heterocycles. The second-order valence-corrected chi connectivity index (χ2v) is 7.00. The third-order valence-electron chi connectivity index (χ3n) is 5.12. The van der Waals surface area contributed by atoms with Crippen LogP contribution in [0.3, 0.4) is 0 Å². The number of benzene rings is 1. The highest BCUT2D eigenvalue weighted by Crippen LogP contribution is 2.24. The van der Waals surface area contributed by atoms with Crippen molar-refractivity contribution in [3.05, 3.63) is 24.3 Å². The summed E-state index contributed by atoms with van der Waals surface area (Å²) in [5.41, 5.74) is 0.897. The Hall–Kier alpha value is -2.08. The molecule has 2 heterocycles. The fourth-order valence-corrected chi connectivity index (χ4v) is 3.74. The zero-order valence-electron chi connectivity index (χ0n) is 15.6. The molecule has 142 valence electrons. The van der Waals surface area contributed by atoms with Crippen molar-refractivity contribution in [3.8, 4) is 5.75 Å². The first kappa shape index (κ1) is 18.7. The highest BCUT2D eigenvalue weighted by Gasteiger charge is 2.25. The van der Waals surface area contributed by atoms with E-state index in [0.29, 0.717) is 18.2 Å². The Morgan fingerprint density at radius 2 is 2.00 bits per heavy atom. The largest absolute Gasteiger partial charge is 0.484 e. The molecule has 2 saturated heterocycles. The summed E-state index contributed by atoms with van der Waals surface area (Å²) < 4.78 is 5.72. The first-order valence-electron chi connectivity index (χ1n) is 9.72. The van der Waals surface area contributed by atoms with Crippen LogP contribution >= 0.6 is 0 Å². The minimum atomic E-state index is 0.0533. The van der Waals surface area contributed by atoms with Gasteiger partial charge in [-0.1, -0.05) is 6.92 Å². The highest BCUT2D eigenvalue weighted by atomic mass is 16.5. The molecule has 1 aromatic carbocycles. The van der Waals surface area contributed by atoms with Crippen LogP contribution in [0.25, 0.3) is 0 Å². The topological polar surface area (TPSA) is 61.9 Å². The number of piperidine rings is 1. The summed E-state index contributed by atoms with van der Waals surface area (Å²) in [7, 11) is 0. The average molecular weight is 359 g/mol. The van der Waals surface area contributed by atoms with Crippen LogP contribution in [0.2, 0.25) is 0 Å². The van der Waals surface area contributed by atoms with Crippen LogP contribution < -0.4 is 15.0 Å². The SMILES string of the molecule is CCCN(C(=O)COc1ccc(N2CCCC2=O)cc1)C1CCNCC1. The molecule has 0 unspecified atom stereocenters. The predicted octanol–water partition coefficient (Wildman–Crippen LogP) is 2.18. The van der Waals surface area contributed by atoms with Gasteiger partial charge in [-0.25, -0.2) is 0 Å². The molecule has 0 aliphatic carbocycles. The third kappa shape index (κ3) is 4.55. The number of amides is 2. The van der Waals surface area contributed by atoms with Crippen molar-refractivity contribution in [2.45, 2.75) is 45.1 Å². The average Bonchev–Trinajstić information content (AvgIpc) is 3.11. The number of nitrogens with one attached hydrogen (secondary N) is 1. The molecule has 6 nitrogen and oxygen atoms in total. The summed E-state index contributed by atoms with van der Waals surface area (Å²) in [6.45, 7) is 5.65. The first-order valence-corrected chi connectivity index (χ1v) is 9.72. The molecular weight excluding hydrogens is 330 g/mol. The molecule has 6 heteroatoms. The summed E-state index contributed by atoms with van der Waals surface area (Å²) in [5, 5.41) is 3.34. The van der Waals surface area contributed by atoms with E-state index in [9.17, 15) is 9.59 Å². The van der Waals surface area contributed by atoms with E-state index in [2.05, 4.69) is 12.2 Å². The molecule has 0 bridgehead atoms. The Labute approximate surface area is 155 Å². The van der Waals surface area contributed by atoms with E-state index in [1.54, 1.807) is 4.90 Å². The molecule has 0 spiro atoms. The molecule has 2 amide bonds. The molecule has 2 aliphatic rings. The lowest BCUT2D eigenvalue weighted by atomic mass is 10.0.